The number of Topliss-reactive ketones (excluding diaryl/α,β-unsaturated/α-hetero) is 1. The zero-order chi connectivity index (χ0) is 20.1. The molecule has 1 N–H and O–H groups in total. The fraction of sp³-hybridized carbons (Fsp3) is 0.471. The minimum atomic E-state index is -1.37. The van der Waals surface area contributed by atoms with E-state index >= 15 is 0 Å². The molecule has 0 aliphatic rings. The minimum Gasteiger partial charge on any atom is -0.463 e. The molecule has 1 aromatic carbocycles. The van der Waals surface area contributed by atoms with Gasteiger partial charge in [0.15, 0.2) is 11.6 Å². The zero-order valence-corrected chi connectivity index (χ0v) is 14.8. The van der Waals surface area contributed by atoms with Gasteiger partial charge in [0.25, 0.3) is 0 Å². The van der Waals surface area contributed by atoms with E-state index in [0.717, 1.165) is 7.11 Å². The number of alkyl carbamates (subject to hydrolysis) is 1. The molecule has 0 spiro atoms. The number of esters is 1. The molecule has 0 aliphatic heterocycles. The Labute approximate surface area is 148 Å². The van der Waals surface area contributed by atoms with Gasteiger partial charge in [-0.05, 0) is 38.8 Å². The van der Waals surface area contributed by atoms with Crippen LogP contribution in [0.3, 0.4) is 0 Å². The maximum absolute atomic E-state index is 13.8. The highest BCUT2D eigenvalue weighted by Crippen LogP contribution is 2.17. The molecule has 0 fully saturated rings. The van der Waals surface area contributed by atoms with Gasteiger partial charge >= 0.3 is 12.1 Å². The van der Waals surface area contributed by atoms with Crippen molar-refractivity contribution in [3.05, 3.63) is 35.1 Å². The van der Waals surface area contributed by atoms with Crippen LogP contribution in [0.4, 0.5) is 18.0 Å². The second kappa shape index (κ2) is 8.68. The molecule has 0 aliphatic carbocycles. The second-order valence-corrected chi connectivity index (χ2v) is 6.52. The molecule has 1 unspecified atom stereocenters. The third-order valence-corrected chi connectivity index (χ3v) is 3.12. The number of hydrogen-bond acceptors (Lipinski definition) is 5. The number of halogens is 3. The fourth-order valence-electron chi connectivity index (χ4n) is 2.06. The Morgan fingerprint density at radius 2 is 1.65 bits per heavy atom. The summed E-state index contributed by atoms with van der Waals surface area (Å²) in [5.74, 6) is -5.82. The quantitative estimate of drug-likeness (QED) is 0.470. The van der Waals surface area contributed by atoms with E-state index < -0.39 is 53.4 Å². The number of methoxy groups -OCH3 is 1. The average Bonchev–Trinajstić information content (AvgIpc) is 2.49. The maximum atomic E-state index is 13.8. The molecule has 0 bridgehead atoms. The Bertz CT molecular complexity index is 700. The number of hydrogen-bond donors (Lipinski definition) is 1. The van der Waals surface area contributed by atoms with Crippen LogP contribution in [-0.2, 0) is 25.5 Å². The van der Waals surface area contributed by atoms with Crippen molar-refractivity contribution in [2.75, 3.05) is 7.11 Å². The first-order chi connectivity index (χ1) is 11.9. The van der Waals surface area contributed by atoms with Crippen molar-refractivity contribution in [3.63, 3.8) is 0 Å². The van der Waals surface area contributed by atoms with E-state index in [4.69, 9.17) is 4.74 Å². The number of carbonyl (C=O) groups is 3. The number of nitrogens with one attached hydrogen (secondary N) is 1. The molecule has 26 heavy (non-hydrogen) atoms. The monoisotopic (exact) mass is 375 g/mol. The first-order valence-corrected chi connectivity index (χ1v) is 7.67. The number of benzene rings is 1. The van der Waals surface area contributed by atoms with Crippen molar-refractivity contribution >= 4 is 17.8 Å². The van der Waals surface area contributed by atoms with Gasteiger partial charge in [0, 0.05) is 18.5 Å². The lowest BCUT2D eigenvalue weighted by atomic mass is 10.0. The predicted molar refractivity (Wildman–Crippen MR) is 84.8 cm³/mol. The summed E-state index contributed by atoms with van der Waals surface area (Å²) in [6.45, 7) is 4.82. The Kier molecular flexibility index (Phi) is 7.17. The maximum Gasteiger partial charge on any atom is 0.407 e. The topological polar surface area (TPSA) is 81.7 Å². The number of ketones is 1. The van der Waals surface area contributed by atoms with Crippen LogP contribution in [0.15, 0.2) is 12.1 Å². The van der Waals surface area contributed by atoms with E-state index in [1.54, 1.807) is 20.8 Å². The van der Waals surface area contributed by atoms with Crippen LogP contribution in [0.2, 0.25) is 0 Å². The molecule has 6 nitrogen and oxygen atoms in total. The smallest absolute Gasteiger partial charge is 0.407 e. The Balaban J connectivity index is 3.00. The third-order valence-electron chi connectivity index (χ3n) is 3.12. The molecule has 9 heteroatoms. The van der Waals surface area contributed by atoms with Crippen LogP contribution in [-0.4, -0.2) is 36.6 Å². The molecule has 1 amide bonds. The molecule has 0 aromatic heterocycles. The van der Waals surface area contributed by atoms with Crippen LogP contribution < -0.4 is 5.32 Å². The van der Waals surface area contributed by atoms with E-state index in [1.165, 1.54) is 0 Å². The molecule has 144 valence electrons. The molecule has 0 heterocycles. The van der Waals surface area contributed by atoms with Crippen molar-refractivity contribution in [2.45, 2.75) is 45.3 Å². The van der Waals surface area contributed by atoms with E-state index in [1.807, 2.05) is 0 Å². The van der Waals surface area contributed by atoms with Gasteiger partial charge in [-0.3, -0.25) is 4.79 Å². The summed E-state index contributed by atoms with van der Waals surface area (Å²) < 4.78 is 49.5. The molecule has 1 atom stereocenters. The first kappa shape index (κ1) is 21.5. The minimum absolute atomic E-state index is 0.275. The van der Waals surface area contributed by atoms with Crippen molar-refractivity contribution in [1.29, 1.82) is 0 Å². The van der Waals surface area contributed by atoms with Crippen LogP contribution in [0.25, 0.3) is 0 Å². The summed E-state index contributed by atoms with van der Waals surface area (Å²) >= 11 is 0. The molecule has 0 radical (unpaired) electrons. The lowest BCUT2D eigenvalue weighted by Gasteiger charge is -2.23. The van der Waals surface area contributed by atoms with Gasteiger partial charge in [-0.1, -0.05) is 0 Å². The Morgan fingerprint density at radius 1 is 1.08 bits per heavy atom. The van der Waals surface area contributed by atoms with Crippen molar-refractivity contribution in [3.8, 4) is 0 Å². The summed E-state index contributed by atoms with van der Waals surface area (Å²) in [5, 5.41) is 2.32. The third kappa shape index (κ3) is 6.73. The highest BCUT2D eigenvalue weighted by atomic mass is 19.2. The first-order valence-electron chi connectivity index (χ1n) is 7.67. The highest BCUT2D eigenvalue weighted by molar-refractivity contribution is 6.33. The fourth-order valence-corrected chi connectivity index (χ4v) is 2.06. The van der Waals surface area contributed by atoms with Gasteiger partial charge in [-0.15, -0.1) is 0 Å². The Morgan fingerprint density at radius 3 is 2.19 bits per heavy atom. The predicted octanol–water partition coefficient (Wildman–Crippen LogP) is 2.67. The van der Waals surface area contributed by atoms with Gasteiger partial charge in [-0.25, -0.2) is 22.8 Å². The summed E-state index contributed by atoms with van der Waals surface area (Å²) in [4.78, 5) is 34.9. The van der Waals surface area contributed by atoms with E-state index in [2.05, 4.69) is 10.1 Å². The molecule has 1 aromatic rings. The summed E-state index contributed by atoms with van der Waals surface area (Å²) in [6, 6.07) is -0.121. The van der Waals surface area contributed by atoms with Gasteiger partial charge < -0.3 is 14.8 Å². The summed E-state index contributed by atoms with van der Waals surface area (Å²) in [6.07, 6.45) is -1.82. The number of ether oxygens (including phenoxy) is 2. The lowest BCUT2D eigenvalue weighted by molar-refractivity contribution is -0.151. The molecular formula is C17H20F3NO5. The number of carbonyl (C=O) groups excluding carboxylic acids is 3. The van der Waals surface area contributed by atoms with Gasteiger partial charge in [-0.2, -0.15) is 0 Å². The second-order valence-electron chi connectivity index (χ2n) is 6.52. The van der Waals surface area contributed by atoms with Crippen molar-refractivity contribution in [2.24, 2.45) is 0 Å². The summed E-state index contributed by atoms with van der Waals surface area (Å²) in [7, 11) is 1.01. The SMILES string of the molecule is COC(=O)C(=O)CC(Cc1cc(F)c(F)cc1F)NC(=O)OC(C)(C)C. The number of amides is 1. The summed E-state index contributed by atoms with van der Waals surface area (Å²) in [5.41, 5.74) is -1.11. The van der Waals surface area contributed by atoms with E-state index in [0.29, 0.717) is 12.1 Å². The van der Waals surface area contributed by atoms with E-state index in [9.17, 15) is 27.6 Å². The van der Waals surface area contributed by atoms with Crippen LogP contribution in [0, 0.1) is 17.5 Å². The van der Waals surface area contributed by atoms with Crippen molar-refractivity contribution < 1.29 is 37.0 Å². The zero-order valence-electron chi connectivity index (χ0n) is 14.8. The molecule has 0 saturated carbocycles. The van der Waals surface area contributed by atoms with Crippen LogP contribution in [0.1, 0.15) is 32.8 Å². The molecule has 1 rings (SSSR count). The molecular weight excluding hydrogens is 355 g/mol. The van der Waals surface area contributed by atoms with Crippen LogP contribution in [0.5, 0.6) is 0 Å². The van der Waals surface area contributed by atoms with Gasteiger partial charge in [0.1, 0.15) is 11.4 Å². The largest absolute Gasteiger partial charge is 0.463 e. The number of rotatable bonds is 6. The standard InChI is InChI=1S/C17H20F3NO5/c1-17(2,3)26-16(24)21-10(7-14(22)15(23)25-4)5-9-6-12(19)13(20)8-11(9)18/h6,8,10H,5,7H2,1-4H3,(H,21,24). The van der Waals surface area contributed by atoms with Gasteiger partial charge in [0.2, 0.25) is 5.78 Å². The van der Waals surface area contributed by atoms with Gasteiger partial charge in [0.05, 0.1) is 7.11 Å². The Hall–Kier alpha value is -2.58. The van der Waals surface area contributed by atoms with Crippen molar-refractivity contribution in [1.82, 2.24) is 5.32 Å². The van der Waals surface area contributed by atoms with E-state index in [-0.39, 0.29) is 12.0 Å². The lowest BCUT2D eigenvalue weighted by Crippen LogP contribution is -2.42. The molecule has 0 saturated heterocycles. The highest BCUT2D eigenvalue weighted by Gasteiger charge is 2.26. The van der Waals surface area contributed by atoms with Crippen LogP contribution >= 0.6 is 0 Å². The average molecular weight is 375 g/mol. The normalized spacial score (nSPS) is 12.3.